The van der Waals surface area contributed by atoms with Crippen LogP contribution >= 0.6 is 0 Å². The molecule has 110 valence electrons. The van der Waals surface area contributed by atoms with Gasteiger partial charge in [-0.15, -0.1) is 0 Å². The topological polar surface area (TPSA) is 66.6 Å². The number of nitrogens with two attached hydrogens (primary N) is 1. The number of rotatable bonds is 1. The summed E-state index contributed by atoms with van der Waals surface area (Å²) in [5, 5.41) is 11.8. The molecular weight excluding hydrogens is 264 g/mol. The molecule has 1 aliphatic rings. The summed E-state index contributed by atoms with van der Waals surface area (Å²) in [6.45, 7) is 3.12. The maximum atomic E-state index is 12.7. The van der Waals surface area contributed by atoms with Crippen molar-refractivity contribution < 1.29 is 9.90 Å². The Morgan fingerprint density at radius 1 is 1.29 bits per heavy atom. The summed E-state index contributed by atoms with van der Waals surface area (Å²) >= 11 is 0. The van der Waals surface area contributed by atoms with E-state index in [-0.39, 0.29) is 17.9 Å². The van der Waals surface area contributed by atoms with Gasteiger partial charge in [-0.1, -0.05) is 31.2 Å². The molecule has 4 heteroatoms. The van der Waals surface area contributed by atoms with Gasteiger partial charge in [0.25, 0.3) is 5.91 Å². The molecule has 1 heterocycles. The quantitative estimate of drug-likeness (QED) is 0.789. The summed E-state index contributed by atoms with van der Waals surface area (Å²) in [5.41, 5.74) is 7.12. The number of hydrogen-bond donors (Lipinski definition) is 2. The predicted octanol–water partition coefficient (Wildman–Crippen LogP) is 2.26. The number of nitrogens with zero attached hydrogens (tertiary/aromatic N) is 1. The molecule has 1 fully saturated rings. The molecule has 3 rings (SSSR count). The third-order valence-electron chi connectivity index (χ3n) is 4.30. The van der Waals surface area contributed by atoms with Crippen LogP contribution in [0.15, 0.2) is 36.4 Å². The van der Waals surface area contributed by atoms with Crippen molar-refractivity contribution in [3.8, 4) is 0 Å². The summed E-state index contributed by atoms with van der Waals surface area (Å²) < 4.78 is 0. The van der Waals surface area contributed by atoms with Crippen LogP contribution in [0.3, 0.4) is 0 Å². The Morgan fingerprint density at radius 3 is 2.62 bits per heavy atom. The molecule has 0 bridgehead atoms. The van der Waals surface area contributed by atoms with Gasteiger partial charge in [-0.05, 0) is 35.2 Å². The van der Waals surface area contributed by atoms with E-state index < -0.39 is 0 Å². The molecule has 0 saturated carbocycles. The Balaban J connectivity index is 1.92. The lowest BCUT2D eigenvalue weighted by atomic mass is 9.95. The minimum atomic E-state index is -0.317. The molecule has 1 saturated heterocycles. The largest absolute Gasteiger partial charge is 0.398 e. The number of fused-ring (bicyclic) bond motifs is 1. The van der Waals surface area contributed by atoms with E-state index in [4.69, 9.17) is 5.73 Å². The highest BCUT2D eigenvalue weighted by molar-refractivity contribution is 6.04. The van der Waals surface area contributed by atoms with Crippen LogP contribution in [0.5, 0.6) is 0 Å². The number of carbonyl (C=O) groups excluding carboxylic acids is 1. The second kappa shape index (κ2) is 5.37. The fourth-order valence-corrected chi connectivity index (χ4v) is 2.93. The van der Waals surface area contributed by atoms with Crippen molar-refractivity contribution in [2.45, 2.75) is 19.4 Å². The van der Waals surface area contributed by atoms with E-state index in [2.05, 4.69) is 0 Å². The molecule has 2 aromatic rings. The molecule has 1 amide bonds. The standard InChI is InChI=1S/C17H20N2O2/c1-11-10-19(7-6-16(11)20)17(21)14-8-12-4-2-3-5-13(12)9-15(14)18/h2-5,8-9,11,16,20H,6-7,10,18H2,1H3. The Hall–Kier alpha value is -2.07. The normalized spacial score (nSPS) is 22.5. The van der Waals surface area contributed by atoms with Crippen LogP contribution in [0.2, 0.25) is 0 Å². The summed E-state index contributed by atoms with van der Waals surface area (Å²) in [6, 6.07) is 11.6. The van der Waals surface area contributed by atoms with Gasteiger partial charge in [-0.25, -0.2) is 0 Å². The lowest BCUT2D eigenvalue weighted by Crippen LogP contribution is -2.45. The van der Waals surface area contributed by atoms with Crippen molar-refractivity contribution in [3.05, 3.63) is 42.0 Å². The monoisotopic (exact) mass is 284 g/mol. The number of aliphatic hydroxyl groups is 1. The summed E-state index contributed by atoms with van der Waals surface area (Å²) in [7, 11) is 0. The SMILES string of the molecule is CC1CN(C(=O)c2cc3ccccc3cc2N)CCC1O. The second-order valence-electron chi connectivity index (χ2n) is 5.87. The van der Waals surface area contributed by atoms with Crippen LogP contribution in [0, 0.1) is 5.92 Å². The van der Waals surface area contributed by atoms with Crippen LogP contribution in [0.1, 0.15) is 23.7 Å². The molecule has 2 unspecified atom stereocenters. The zero-order valence-corrected chi connectivity index (χ0v) is 12.1. The number of anilines is 1. The van der Waals surface area contributed by atoms with Crippen molar-refractivity contribution in [1.29, 1.82) is 0 Å². The van der Waals surface area contributed by atoms with Crippen LogP contribution < -0.4 is 5.73 Å². The Labute approximate surface area is 124 Å². The number of hydrogen-bond acceptors (Lipinski definition) is 3. The molecule has 0 radical (unpaired) electrons. The highest BCUT2D eigenvalue weighted by atomic mass is 16.3. The molecule has 4 nitrogen and oxygen atoms in total. The number of piperidine rings is 1. The number of nitrogen functional groups attached to an aromatic ring is 1. The van der Waals surface area contributed by atoms with Gasteiger partial charge in [-0.3, -0.25) is 4.79 Å². The average Bonchev–Trinajstić information content (AvgIpc) is 2.48. The molecule has 2 aromatic carbocycles. The van der Waals surface area contributed by atoms with Crippen LogP contribution in [-0.2, 0) is 0 Å². The van der Waals surface area contributed by atoms with E-state index in [0.29, 0.717) is 30.8 Å². The van der Waals surface area contributed by atoms with Crippen LogP contribution in [0.25, 0.3) is 10.8 Å². The maximum Gasteiger partial charge on any atom is 0.255 e. The third-order valence-corrected chi connectivity index (χ3v) is 4.30. The summed E-state index contributed by atoms with van der Waals surface area (Å²) in [6.07, 6.45) is 0.309. The van der Waals surface area contributed by atoms with E-state index in [1.54, 1.807) is 4.90 Å². The van der Waals surface area contributed by atoms with Gasteiger partial charge >= 0.3 is 0 Å². The van der Waals surface area contributed by atoms with Gasteiger partial charge in [0.05, 0.1) is 11.7 Å². The van der Waals surface area contributed by atoms with Crippen molar-refractivity contribution in [1.82, 2.24) is 4.90 Å². The number of carbonyl (C=O) groups is 1. The molecule has 3 N–H and O–H groups in total. The number of likely N-dealkylation sites (tertiary alicyclic amines) is 1. The van der Waals surface area contributed by atoms with Gasteiger partial charge in [0, 0.05) is 18.8 Å². The first-order valence-electron chi connectivity index (χ1n) is 7.32. The highest BCUT2D eigenvalue weighted by Gasteiger charge is 2.28. The van der Waals surface area contributed by atoms with E-state index in [1.165, 1.54) is 0 Å². The van der Waals surface area contributed by atoms with Crippen molar-refractivity contribution in [2.24, 2.45) is 5.92 Å². The zero-order chi connectivity index (χ0) is 15.0. The van der Waals surface area contributed by atoms with Gasteiger partial charge in [0.2, 0.25) is 0 Å². The lowest BCUT2D eigenvalue weighted by molar-refractivity contribution is 0.0298. The van der Waals surface area contributed by atoms with E-state index in [9.17, 15) is 9.90 Å². The van der Waals surface area contributed by atoms with E-state index >= 15 is 0 Å². The number of benzene rings is 2. The molecule has 0 aromatic heterocycles. The Kier molecular flexibility index (Phi) is 3.55. The first kappa shape index (κ1) is 13.9. The minimum Gasteiger partial charge on any atom is -0.398 e. The smallest absolute Gasteiger partial charge is 0.255 e. The second-order valence-corrected chi connectivity index (χ2v) is 5.87. The minimum absolute atomic E-state index is 0.0444. The van der Waals surface area contributed by atoms with Crippen LogP contribution in [0.4, 0.5) is 5.69 Å². The molecule has 2 atom stereocenters. The fraction of sp³-hybridized carbons (Fsp3) is 0.353. The highest BCUT2D eigenvalue weighted by Crippen LogP contribution is 2.25. The maximum absolute atomic E-state index is 12.7. The first-order valence-corrected chi connectivity index (χ1v) is 7.32. The van der Waals surface area contributed by atoms with Gasteiger partial charge in [0.15, 0.2) is 0 Å². The molecule has 21 heavy (non-hydrogen) atoms. The summed E-state index contributed by atoms with van der Waals surface area (Å²) in [5.74, 6) is 0.0568. The lowest BCUT2D eigenvalue weighted by Gasteiger charge is -2.34. The van der Waals surface area contributed by atoms with Crippen molar-refractivity contribution in [3.63, 3.8) is 0 Å². The van der Waals surface area contributed by atoms with E-state index in [1.807, 2.05) is 43.3 Å². The van der Waals surface area contributed by atoms with Crippen molar-refractivity contribution in [2.75, 3.05) is 18.8 Å². The van der Waals surface area contributed by atoms with Gasteiger partial charge in [-0.2, -0.15) is 0 Å². The Morgan fingerprint density at radius 2 is 1.95 bits per heavy atom. The molecule has 0 spiro atoms. The summed E-state index contributed by atoms with van der Waals surface area (Å²) in [4.78, 5) is 14.5. The zero-order valence-electron chi connectivity index (χ0n) is 12.1. The van der Waals surface area contributed by atoms with Crippen molar-refractivity contribution >= 4 is 22.4 Å². The number of aliphatic hydroxyl groups excluding tert-OH is 1. The average molecular weight is 284 g/mol. The first-order chi connectivity index (χ1) is 10.1. The van der Waals surface area contributed by atoms with E-state index in [0.717, 1.165) is 10.8 Å². The fourth-order valence-electron chi connectivity index (χ4n) is 2.93. The molecule has 0 aliphatic carbocycles. The Bertz CT molecular complexity index is 684. The molecule has 1 aliphatic heterocycles. The predicted molar refractivity (Wildman–Crippen MR) is 84.1 cm³/mol. The number of amides is 1. The third kappa shape index (κ3) is 2.59. The van der Waals surface area contributed by atoms with Gasteiger partial charge in [0.1, 0.15) is 0 Å². The van der Waals surface area contributed by atoms with Gasteiger partial charge < -0.3 is 15.7 Å². The van der Waals surface area contributed by atoms with Crippen LogP contribution in [-0.4, -0.2) is 35.1 Å². The molecular formula is C17H20N2O2.